The minimum Gasteiger partial charge on any atom is -0.496 e. The van der Waals surface area contributed by atoms with E-state index in [2.05, 4.69) is 15.9 Å². The van der Waals surface area contributed by atoms with Gasteiger partial charge in [-0.25, -0.2) is 0 Å². The molecule has 1 atom stereocenters. The summed E-state index contributed by atoms with van der Waals surface area (Å²) in [6.07, 6.45) is 0.859. The third-order valence-corrected chi connectivity index (χ3v) is 2.99. The SMILES string of the molecule is COc1cc2c(cc1Br)OCC[C@@H]2N. The van der Waals surface area contributed by atoms with Gasteiger partial charge in [-0.1, -0.05) is 0 Å². The first kappa shape index (κ1) is 9.80. The first-order valence-corrected chi connectivity index (χ1v) is 5.27. The third kappa shape index (κ3) is 1.60. The zero-order valence-corrected chi connectivity index (χ0v) is 9.50. The van der Waals surface area contributed by atoms with Crippen LogP contribution in [-0.2, 0) is 0 Å². The summed E-state index contributed by atoms with van der Waals surface area (Å²) in [7, 11) is 1.64. The maximum Gasteiger partial charge on any atom is 0.133 e. The Morgan fingerprint density at radius 1 is 1.57 bits per heavy atom. The molecule has 14 heavy (non-hydrogen) atoms. The van der Waals surface area contributed by atoms with Crippen LogP contribution < -0.4 is 15.2 Å². The maximum absolute atomic E-state index is 5.97. The number of nitrogens with two attached hydrogens (primary N) is 1. The van der Waals surface area contributed by atoms with Crippen LogP contribution in [0.1, 0.15) is 18.0 Å². The molecule has 0 bridgehead atoms. The molecular formula is C10H12BrNO2. The second-order valence-corrected chi connectivity index (χ2v) is 4.12. The quantitative estimate of drug-likeness (QED) is 0.840. The highest BCUT2D eigenvalue weighted by Gasteiger charge is 2.20. The summed E-state index contributed by atoms with van der Waals surface area (Å²) in [5, 5.41) is 0. The molecule has 1 aliphatic rings. The average molecular weight is 258 g/mol. The number of rotatable bonds is 1. The second kappa shape index (κ2) is 3.79. The van der Waals surface area contributed by atoms with E-state index in [-0.39, 0.29) is 6.04 Å². The fourth-order valence-electron chi connectivity index (χ4n) is 1.57. The minimum absolute atomic E-state index is 0.0562. The maximum atomic E-state index is 5.97. The van der Waals surface area contributed by atoms with E-state index in [9.17, 15) is 0 Å². The summed E-state index contributed by atoms with van der Waals surface area (Å²) in [5.74, 6) is 1.65. The van der Waals surface area contributed by atoms with Crippen molar-refractivity contribution in [3.63, 3.8) is 0 Å². The van der Waals surface area contributed by atoms with Gasteiger partial charge in [-0.2, -0.15) is 0 Å². The summed E-state index contributed by atoms with van der Waals surface area (Å²) >= 11 is 3.41. The Kier molecular flexibility index (Phi) is 2.65. The van der Waals surface area contributed by atoms with E-state index in [1.807, 2.05) is 12.1 Å². The molecular weight excluding hydrogens is 246 g/mol. The Hall–Kier alpha value is -0.740. The number of halogens is 1. The first-order chi connectivity index (χ1) is 6.72. The molecule has 3 nitrogen and oxygen atoms in total. The molecule has 1 heterocycles. The van der Waals surface area contributed by atoms with Crippen LogP contribution in [0.15, 0.2) is 16.6 Å². The van der Waals surface area contributed by atoms with Crippen LogP contribution in [0.25, 0.3) is 0 Å². The molecule has 0 spiro atoms. The zero-order chi connectivity index (χ0) is 10.1. The predicted molar refractivity (Wildman–Crippen MR) is 57.7 cm³/mol. The smallest absolute Gasteiger partial charge is 0.133 e. The van der Waals surface area contributed by atoms with Crippen molar-refractivity contribution in [2.45, 2.75) is 12.5 Å². The van der Waals surface area contributed by atoms with Gasteiger partial charge in [0.2, 0.25) is 0 Å². The average Bonchev–Trinajstić information content (AvgIpc) is 2.17. The lowest BCUT2D eigenvalue weighted by Crippen LogP contribution is -2.20. The molecule has 1 aromatic rings. The van der Waals surface area contributed by atoms with E-state index in [0.717, 1.165) is 28.0 Å². The number of methoxy groups -OCH3 is 1. The number of fused-ring (bicyclic) bond motifs is 1. The highest BCUT2D eigenvalue weighted by atomic mass is 79.9. The van der Waals surface area contributed by atoms with E-state index in [0.29, 0.717) is 6.61 Å². The number of hydrogen-bond acceptors (Lipinski definition) is 3. The number of hydrogen-bond donors (Lipinski definition) is 1. The van der Waals surface area contributed by atoms with Gasteiger partial charge in [0.25, 0.3) is 0 Å². The molecule has 0 unspecified atom stereocenters. The lowest BCUT2D eigenvalue weighted by atomic mass is 10.0. The van der Waals surface area contributed by atoms with Gasteiger partial charge in [0, 0.05) is 18.0 Å². The molecule has 0 saturated carbocycles. The molecule has 0 saturated heterocycles. The summed E-state index contributed by atoms with van der Waals surface area (Å²) in [4.78, 5) is 0. The van der Waals surface area contributed by atoms with Crippen LogP contribution in [0, 0.1) is 0 Å². The first-order valence-electron chi connectivity index (χ1n) is 4.48. The van der Waals surface area contributed by atoms with Crippen LogP contribution in [0.5, 0.6) is 11.5 Å². The van der Waals surface area contributed by atoms with E-state index in [1.54, 1.807) is 7.11 Å². The summed E-state index contributed by atoms with van der Waals surface area (Å²) in [6, 6.07) is 3.90. The van der Waals surface area contributed by atoms with E-state index >= 15 is 0 Å². The minimum atomic E-state index is 0.0562. The highest BCUT2D eigenvalue weighted by Crippen LogP contribution is 2.38. The van der Waals surface area contributed by atoms with E-state index in [1.165, 1.54) is 0 Å². The molecule has 0 aliphatic carbocycles. The van der Waals surface area contributed by atoms with Crippen molar-refractivity contribution in [2.75, 3.05) is 13.7 Å². The van der Waals surface area contributed by atoms with Gasteiger partial charge in [0.15, 0.2) is 0 Å². The largest absolute Gasteiger partial charge is 0.496 e. The van der Waals surface area contributed by atoms with Crippen molar-refractivity contribution in [1.82, 2.24) is 0 Å². The molecule has 0 amide bonds. The molecule has 1 aliphatic heterocycles. The zero-order valence-electron chi connectivity index (χ0n) is 7.92. The van der Waals surface area contributed by atoms with Crippen molar-refractivity contribution in [3.05, 3.63) is 22.2 Å². The number of benzene rings is 1. The van der Waals surface area contributed by atoms with Gasteiger partial charge in [0.1, 0.15) is 11.5 Å². The van der Waals surface area contributed by atoms with Gasteiger partial charge >= 0.3 is 0 Å². The molecule has 4 heteroatoms. The Bertz CT molecular complexity index is 354. The van der Waals surface area contributed by atoms with Gasteiger partial charge in [-0.3, -0.25) is 0 Å². The lowest BCUT2D eigenvalue weighted by Gasteiger charge is -2.23. The monoisotopic (exact) mass is 257 g/mol. The standard InChI is InChI=1S/C10H12BrNO2/c1-13-10-4-6-8(12)2-3-14-9(6)5-7(10)11/h4-5,8H,2-3,12H2,1H3/t8-/m0/s1. The Labute approximate surface area is 91.3 Å². The summed E-state index contributed by atoms with van der Waals surface area (Å²) in [5.41, 5.74) is 6.99. The number of ether oxygens (including phenoxy) is 2. The van der Waals surface area contributed by atoms with Crippen molar-refractivity contribution < 1.29 is 9.47 Å². The normalized spacial score (nSPS) is 19.8. The van der Waals surface area contributed by atoms with E-state index in [4.69, 9.17) is 15.2 Å². The molecule has 76 valence electrons. The Morgan fingerprint density at radius 2 is 2.36 bits per heavy atom. The summed E-state index contributed by atoms with van der Waals surface area (Å²) in [6.45, 7) is 0.687. The van der Waals surface area contributed by atoms with Crippen LogP contribution in [0.2, 0.25) is 0 Å². The van der Waals surface area contributed by atoms with Crippen LogP contribution >= 0.6 is 15.9 Å². The van der Waals surface area contributed by atoms with Crippen molar-refractivity contribution >= 4 is 15.9 Å². The van der Waals surface area contributed by atoms with Gasteiger partial charge in [-0.15, -0.1) is 0 Å². The van der Waals surface area contributed by atoms with Gasteiger partial charge in [0.05, 0.1) is 18.2 Å². The molecule has 1 aromatic carbocycles. The Morgan fingerprint density at radius 3 is 3.07 bits per heavy atom. The fraction of sp³-hybridized carbons (Fsp3) is 0.400. The molecule has 0 radical (unpaired) electrons. The van der Waals surface area contributed by atoms with Crippen LogP contribution in [-0.4, -0.2) is 13.7 Å². The van der Waals surface area contributed by atoms with Crippen LogP contribution in [0.4, 0.5) is 0 Å². The van der Waals surface area contributed by atoms with Crippen molar-refractivity contribution in [1.29, 1.82) is 0 Å². The molecule has 0 aromatic heterocycles. The Balaban J connectivity index is 2.49. The van der Waals surface area contributed by atoms with Gasteiger partial charge in [-0.05, 0) is 28.1 Å². The fourth-order valence-corrected chi connectivity index (χ4v) is 2.06. The third-order valence-electron chi connectivity index (χ3n) is 2.37. The topological polar surface area (TPSA) is 44.5 Å². The highest BCUT2D eigenvalue weighted by molar-refractivity contribution is 9.10. The van der Waals surface area contributed by atoms with E-state index < -0.39 is 0 Å². The predicted octanol–water partition coefficient (Wildman–Crippen LogP) is 2.24. The van der Waals surface area contributed by atoms with Crippen molar-refractivity contribution in [2.24, 2.45) is 5.73 Å². The lowest BCUT2D eigenvalue weighted by molar-refractivity contribution is 0.267. The molecule has 2 N–H and O–H groups in total. The molecule has 0 fully saturated rings. The second-order valence-electron chi connectivity index (χ2n) is 3.27. The van der Waals surface area contributed by atoms with Crippen LogP contribution in [0.3, 0.4) is 0 Å². The molecule has 2 rings (SSSR count). The van der Waals surface area contributed by atoms with Crippen molar-refractivity contribution in [3.8, 4) is 11.5 Å². The van der Waals surface area contributed by atoms with Gasteiger partial charge < -0.3 is 15.2 Å². The summed E-state index contributed by atoms with van der Waals surface area (Å²) < 4.78 is 11.6.